The minimum absolute atomic E-state index is 0.366. The molecule has 1 nitrogen and oxygen atoms in total. The average Bonchev–Trinajstić information content (AvgIpc) is 2.30. The first-order valence-corrected chi connectivity index (χ1v) is 6.52. The van der Waals surface area contributed by atoms with Gasteiger partial charge in [0.15, 0.2) is 0 Å². The van der Waals surface area contributed by atoms with Gasteiger partial charge >= 0.3 is 0 Å². The van der Waals surface area contributed by atoms with E-state index in [2.05, 4.69) is 13.0 Å². The van der Waals surface area contributed by atoms with E-state index >= 15 is 0 Å². The molecular weight excluding hydrogens is 182 g/mol. The largest absolute Gasteiger partial charge is 0.198 e. The van der Waals surface area contributed by atoms with Crippen molar-refractivity contribution < 1.29 is 0 Å². The van der Waals surface area contributed by atoms with Crippen LogP contribution in [0.15, 0.2) is 0 Å². The lowest BCUT2D eigenvalue weighted by Gasteiger charge is -2.35. The van der Waals surface area contributed by atoms with Crippen LogP contribution in [0.3, 0.4) is 0 Å². The van der Waals surface area contributed by atoms with Crippen molar-refractivity contribution in [3.8, 4) is 6.07 Å². The molecule has 0 aromatic carbocycles. The molecule has 83 valence electrons. The zero-order valence-electron chi connectivity index (χ0n) is 9.62. The van der Waals surface area contributed by atoms with Gasteiger partial charge in [-0.15, -0.1) is 0 Å². The molecule has 2 saturated carbocycles. The summed E-state index contributed by atoms with van der Waals surface area (Å²) in [7, 11) is 0. The molecule has 0 amide bonds. The lowest BCUT2D eigenvalue weighted by molar-refractivity contribution is 0.167. The van der Waals surface area contributed by atoms with Crippen LogP contribution in [0.5, 0.6) is 0 Å². The number of nitriles is 1. The molecule has 0 aromatic rings. The standard InChI is InChI=1S/C14H22N/c1-11-2-6-13(7-3-11)14-8-4-12(10-15)5-9-14/h11-14H,1-9H2/t11?,12-,13?,14-. The van der Waals surface area contributed by atoms with Crippen molar-refractivity contribution in [1.29, 1.82) is 5.26 Å². The Hall–Kier alpha value is -0.510. The second-order valence-corrected chi connectivity index (χ2v) is 5.52. The molecule has 1 radical (unpaired) electrons. The number of hydrogen-bond donors (Lipinski definition) is 0. The normalized spacial score (nSPS) is 42.1. The predicted octanol–water partition coefficient (Wildman–Crippen LogP) is 3.96. The van der Waals surface area contributed by atoms with Crippen LogP contribution >= 0.6 is 0 Å². The highest BCUT2D eigenvalue weighted by Crippen LogP contribution is 2.40. The molecule has 0 spiro atoms. The van der Waals surface area contributed by atoms with E-state index < -0.39 is 0 Å². The summed E-state index contributed by atoms with van der Waals surface area (Å²) in [5, 5.41) is 8.86. The van der Waals surface area contributed by atoms with E-state index in [0.29, 0.717) is 5.92 Å². The van der Waals surface area contributed by atoms with Crippen molar-refractivity contribution in [3.05, 3.63) is 6.92 Å². The van der Waals surface area contributed by atoms with Crippen LogP contribution in [-0.4, -0.2) is 0 Å². The highest BCUT2D eigenvalue weighted by atomic mass is 14.4. The van der Waals surface area contributed by atoms with E-state index in [1.165, 1.54) is 38.5 Å². The van der Waals surface area contributed by atoms with Gasteiger partial charge in [0.1, 0.15) is 0 Å². The highest BCUT2D eigenvalue weighted by Gasteiger charge is 2.29. The number of hydrogen-bond acceptors (Lipinski definition) is 1. The van der Waals surface area contributed by atoms with Crippen LogP contribution in [0.4, 0.5) is 0 Å². The third-order valence-electron chi connectivity index (χ3n) is 4.51. The van der Waals surface area contributed by atoms with E-state index in [4.69, 9.17) is 5.26 Å². The van der Waals surface area contributed by atoms with E-state index in [9.17, 15) is 0 Å². The molecule has 0 heterocycles. The minimum atomic E-state index is 0.366. The van der Waals surface area contributed by atoms with Gasteiger partial charge in [-0.1, -0.05) is 19.8 Å². The third kappa shape index (κ3) is 2.74. The van der Waals surface area contributed by atoms with Gasteiger partial charge in [0, 0.05) is 5.92 Å². The van der Waals surface area contributed by atoms with Crippen LogP contribution in [0.25, 0.3) is 0 Å². The first-order valence-electron chi connectivity index (χ1n) is 6.52. The summed E-state index contributed by atoms with van der Waals surface area (Å²) in [5.41, 5.74) is 0. The average molecular weight is 204 g/mol. The second kappa shape index (κ2) is 5.01. The quantitative estimate of drug-likeness (QED) is 0.634. The minimum Gasteiger partial charge on any atom is -0.198 e. The van der Waals surface area contributed by atoms with Crippen LogP contribution < -0.4 is 0 Å². The zero-order chi connectivity index (χ0) is 10.7. The fourth-order valence-electron chi connectivity index (χ4n) is 3.38. The molecule has 0 N–H and O–H groups in total. The fraction of sp³-hybridized carbons (Fsp3) is 0.857. The predicted molar refractivity (Wildman–Crippen MR) is 61.9 cm³/mol. The zero-order valence-corrected chi connectivity index (χ0v) is 9.62. The molecule has 0 atom stereocenters. The topological polar surface area (TPSA) is 23.8 Å². The van der Waals surface area contributed by atoms with Gasteiger partial charge in [-0.2, -0.15) is 5.26 Å². The van der Waals surface area contributed by atoms with E-state index in [0.717, 1.165) is 30.6 Å². The molecule has 2 rings (SSSR count). The Morgan fingerprint density at radius 3 is 1.73 bits per heavy atom. The Morgan fingerprint density at radius 1 is 0.800 bits per heavy atom. The maximum absolute atomic E-state index is 8.86. The van der Waals surface area contributed by atoms with Crippen molar-refractivity contribution in [3.63, 3.8) is 0 Å². The van der Waals surface area contributed by atoms with Gasteiger partial charge in [0.25, 0.3) is 0 Å². The van der Waals surface area contributed by atoms with E-state index in [1.54, 1.807) is 0 Å². The Bertz CT molecular complexity index is 224. The molecule has 0 aliphatic heterocycles. The van der Waals surface area contributed by atoms with Crippen molar-refractivity contribution >= 4 is 0 Å². The van der Waals surface area contributed by atoms with Crippen LogP contribution in [0, 0.1) is 41.9 Å². The van der Waals surface area contributed by atoms with Crippen LogP contribution in [0.1, 0.15) is 51.4 Å². The maximum Gasteiger partial charge on any atom is 0.0655 e. The monoisotopic (exact) mass is 204 g/mol. The molecule has 2 aliphatic carbocycles. The first-order chi connectivity index (χ1) is 7.29. The van der Waals surface area contributed by atoms with Gasteiger partial charge in [0.05, 0.1) is 6.07 Å². The number of rotatable bonds is 1. The number of nitrogens with zero attached hydrogens (tertiary/aromatic N) is 1. The first kappa shape index (κ1) is 11.0. The summed E-state index contributed by atoms with van der Waals surface area (Å²) in [6.07, 6.45) is 10.4. The summed E-state index contributed by atoms with van der Waals surface area (Å²) >= 11 is 0. The van der Waals surface area contributed by atoms with Gasteiger partial charge in [-0.3, -0.25) is 0 Å². The smallest absolute Gasteiger partial charge is 0.0655 e. The molecule has 0 unspecified atom stereocenters. The van der Waals surface area contributed by atoms with Crippen molar-refractivity contribution in [1.82, 2.24) is 0 Å². The molecule has 0 bridgehead atoms. The van der Waals surface area contributed by atoms with E-state index in [1.807, 2.05) is 0 Å². The summed E-state index contributed by atoms with van der Waals surface area (Å²) in [5.74, 6) is 2.98. The van der Waals surface area contributed by atoms with Crippen molar-refractivity contribution in [2.24, 2.45) is 23.7 Å². The van der Waals surface area contributed by atoms with E-state index in [-0.39, 0.29) is 0 Å². The van der Waals surface area contributed by atoms with Gasteiger partial charge in [-0.25, -0.2) is 0 Å². The third-order valence-corrected chi connectivity index (χ3v) is 4.51. The summed E-state index contributed by atoms with van der Waals surface area (Å²) in [6.45, 7) is 4.16. The summed E-state index contributed by atoms with van der Waals surface area (Å²) in [4.78, 5) is 0. The molecule has 15 heavy (non-hydrogen) atoms. The Morgan fingerprint density at radius 2 is 1.27 bits per heavy atom. The van der Waals surface area contributed by atoms with Crippen LogP contribution in [-0.2, 0) is 0 Å². The molecule has 2 aliphatic rings. The maximum atomic E-state index is 8.86. The van der Waals surface area contributed by atoms with Gasteiger partial charge < -0.3 is 0 Å². The fourth-order valence-corrected chi connectivity index (χ4v) is 3.38. The van der Waals surface area contributed by atoms with Gasteiger partial charge in [-0.05, 0) is 56.3 Å². The lowest BCUT2D eigenvalue weighted by atomic mass is 9.70. The Labute approximate surface area is 93.9 Å². The highest BCUT2D eigenvalue weighted by molar-refractivity contribution is 4.89. The Kier molecular flexibility index (Phi) is 3.67. The lowest BCUT2D eigenvalue weighted by Crippen LogP contribution is -2.24. The Balaban J connectivity index is 1.78. The summed E-state index contributed by atoms with van der Waals surface area (Å²) in [6, 6.07) is 2.42. The molecule has 2 fully saturated rings. The van der Waals surface area contributed by atoms with Crippen LogP contribution in [0.2, 0.25) is 0 Å². The second-order valence-electron chi connectivity index (χ2n) is 5.52. The van der Waals surface area contributed by atoms with Crippen molar-refractivity contribution in [2.45, 2.75) is 51.4 Å². The molecular formula is C14H22N. The molecule has 1 heteroatoms. The molecule has 0 saturated heterocycles. The SMILES string of the molecule is [CH2]C1CCC([C@H]2CC[C@H](C#N)CC2)CC1. The molecule has 0 aromatic heterocycles. The van der Waals surface area contributed by atoms with Gasteiger partial charge in [0.2, 0.25) is 0 Å². The summed E-state index contributed by atoms with van der Waals surface area (Å²) < 4.78 is 0. The van der Waals surface area contributed by atoms with Crippen molar-refractivity contribution in [2.75, 3.05) is 0 Å².